The van der Waals surface area contributed by atoms with Gasteiger partial charge in [0.15, 0.2) is 9.84 Å². The summed E-state index contributed by atoms with van der Waals surface area (Å²) in [5.74, 6) is -0.273. The zero-order chi connectivity index (χ0) is 17.7. The highest BCUT2D eigenvalue weighted by Gasteiger charge is 2.34. The van der Waals surface area contributed by atoms with Crippen LogP contribution in [0, 0.1) is 0 Å². The summed E-state index contributed by atoms with van der Waals surface area (Å²) in [4.78, 5) is 25.5. The van der Waals surface area contributed by atoms with Crippen molar-refractivity contribution in [2.75, 3.05) is 18.6 Å². The fraction of sp³-hybridized carbons (Fsp3) is 0.500. The number of hydrogen-bond acceptors (Lipinski definition) is 5. The van der Waals surface area contributed by atoms with Gasteiger partial charge in [-0.25, -0.2) is 13.2 Å². The lowest BCUT2D eigenvalue weighted by Crippen LogP contribution is -2.49. The lowest BCUT2D eigenvalue weighted by atomic mass is 10.2. The first-order chi connectivity index (χ1) is 11.3. The highest BCUT2D eigenvalue weighted by molar-refractivity contribution is 7.91. The Balaban J connectivity index is 1.81. The Morgan fingerprint density at radius 1 is 1.33 bits per heavy atom. The van der Waals surface area contributed by atoms with Crippen LogP contribution in [0.5, 0.6) is 0 Å². The molecule has 0 radical (unpaired) electrons. The molecule has 2 atom stereocenters. The third kappa shape index (κ3) is 4.95. The van der Waals surface area contributed by atoms with Crippen LogP contribution >= 0.6 is 0 Å². The van der Waals surface area contributed by atoms with E-state index >= 15 is 0 Å². The van der Waals surface area contributed by atoms with Crippen LogP contribution in [0.2, 0.25) is 0 Å². The van der Waals surface area contributed by atoms with E-state index in [1.807, 2.05) is 30.3 Å². The van der Waals surface area contributed by atoms with Gasteiger partial charge in [0.05, 0.1) is 11.5 Å². The normalized spacial score (nSPS) is 20.2. The first kappa shape index (κ1) is 18.3. The molecule has 2 rings (SSSR count). The number of carbonyl (C=O) groups excluding carboxylic acids is 2. The molecule has 1 N–H and O–H groups in total. The number of amides is 2. The Kier molecular flexibility index (Phi) is 5.82. The Labute approximate surface area is 141 Å². The molecule has 0 bridgehead atoms. The van der Waals surface area contributed by atoms with Crippen LogP contribution in [0.4, 0.5) is 4.79 Å². The third-order valence-corrected chi connectivity index (χ3v) is 5.77. The first-order valence-corrected chi connectivity index (χ1v) is 9.55. The number of nitrogens with one attached hydrogen (secondary N) is 1. The quantitative estimate of drug-likeness (QED) is 0.850. The summed E-state index contributed by atoms with van der Waals surface area (Å²) in [5.41, 5.74) is 0.847. The molecule has 0 saturated carbocycles. The van der Waals surface area contributed by atoms with Crippen molar-refractivity contribution in [3.63, 3.8) is 0 Å². The summed E-state index contributed by atoms with van der Waals surface area (Å²) >= 11 is 0. The van der Waals surface area contributed by atoms with Crippen LogP contribution in [-0.2, 0) is 26.0 Å². The van der Waals surface area contributed by atoms with E-state index in [9.17, 15) is 18.0 Å². The van der Waals surface area contributed by atoms with Crippen LogP contribution < -0.4 is 5.32 Å². The van der Waals surface area contributed by atoms with Crippen LogP contribution in [-0.4, -0.2) is 56.0 Å². The number of ether oxygens (including phenoxy) is 1. The van der Waals surface area contributed by atoms with E-state index in [0.717, 1.165) is 5.56 Å². The van der Waals surface area contributed by atoms with Gasteiger partial charge in [0, 0.05) is 13.1 Å². The van der Waals surface area contributed by atoms with Gasteiger partial charge in [-0.3, -0.25) is 4.79 Å². The molecule has 1 saturated heterocycles. The highest BCUT2D eigenvalue weighted by Crippen LogP contribution is 2.17. The van der Waals surface area contributed by atoms with Gasteiger partial charge in [-0.1, -0.05) is 30.3 Å². The van der Waals surface area contributed by atoms with E-state index in [-0.39, 0.29) is 30.1 Å². The molecule has 1 unspecified atom stereocenters. The first-order valence-electron chi connectivity index (χ1n) is 7.73. The fourth-order valence-electron chi connectivity index (χ4n) is 2.57. The maximum atomic E-state index is 12.3. The van der Waals surface area contributed by atoms with Gasteiger partial charge in [-0.2, -0.15) is 0 Å². The number of sulfone groups is 1. The molecule has 7 nitrogen and oxygen atoms in total. The van der Waals surface area contributed by atoms with Crippen molar-refractivity contribution >= 4 is 21.8 Å². The number of carbonyl (C=O) groups is 2. The molecule has 1 heterocycles. The average molecular weight is 354 g/mol. The summed E-state index contributed by atoms with van der Waals surface area (Å²) < 4.78 is 28.1. The van der Waals surface area contributed by atoms with Gasteiger partial charge < -0.3 is 15.0 Å². The lowest BCUT2D eigenvalue weighted by molar-refractivity contribution is -0.133. The smallest absolute Gasteiger partial charge is 0.408 e. The Morgan fingerprint density at radius 3 is 2.58 bits per heavy atom. The van der Waals surface area contributed by atoms with Gasteiger partial charge in [0.1, 0.15) is 12.6 Å². The van der Waals surface area contributed by atoms with Crippen molar-refractivity contribution < 1.29 is 22.7 Å². The molecule has 0 spiro atoms. The van der Waals surface area contributed by atoms with E-state index in [2.05, 4.69) is 5.32 Å². The van der Waals surface area contributed by atoms with E-state index in [4.69, 9.17) is 4.74 Å². The second kappa shape index (κ2) is 7.65. The van der Waals surface area contributed by atoms with E-state index < -0.39 is 22.0 Å². The van der Waals surface area contributed by atoms with Crippen molar-refractivity contribution in [1.82, 2.24) is 10.2 Å². The molecule has 1 aliphatic heterocycles. The van der Waals surface area contributed by atoms with E-state index in [0.29, 0.717) is 6.42 Å². The second-order valence-corrected chi connectivity index (χ2v) is 8.16. The van der Waals surface area contributed by atoms with Crippen molar-refractivity contribution in [1.29, 1.82) is 0 Å². The van der Waals surface area contributed by atoms with Crippen molar-refractivity contribution in [3.8, 4) is 0 Å². The molecule has 1 aromatic rings. The summed E-state index contributed by atoms with van der Waals surface area (Å²) in [7, 11) is -1.51. The number of nitrogens with zero attached hydrogens (tertiary/aromatic N) is 1. The van der Waals surface area contributed by atoms with Crippen molar-refractivity contribution in [2.45, 2.75) is 32.0 Å². The Morgan fingerprint density at radius 2 is 2.00 bits per heavy atom. The molecular weight excluding hydrogens is 332 g/mol. The minimum atomic E-state index is -3.07. The molecule has 1 fully saturated rings. The number of alkyl carbamates (subject to hydrolysis) is 1. The number of benzene rings is 1. The molecule has 0 aromatic heterocycles. The van der Waals surface area contributed by atoms with Crippen LogP contribution in [0.25, 0.3) is 0 Å². The molecule has 0 aliphatic carbocycles. The van der Waals surface area contributed by atoms with Gasteiger partial charge in [-0.05, 0) is 18.9 Å². The predicted octanol–water partition coefficient (Wildman–Crippen LogP) is 0.947. The van der Waals surface area contributed by atoms with Crippen molar-refractivity contribution in [3.05, 3.63) is 35.9 Å². The molecule has 2 amide bonds. The number of hydrogen-bond donors (Lipinski definition) is 1. The maximum Gasteiger partial charge on any atom is 0.408 e. The zero-order valence-corrected chi connectivity index (χ0v) is 14.6. The monoisotopic (exact) mass is 354 g/mol. The molecule has 8 heteroatoms. The summed E-state index contributed by atoms with van der Waals surface area (Å²) in [5, 5.41) is 2.47. The topological polar surface area (TPSA) is 92.8 Å². The maximum absolute atomic E-state index is 12.3. The minimum Gasteiger partial charge on any atom is -0.445 e. The summed E-state index contributed by atoms with van der Waals surface area (Å²) in [6.07, 6.45) is -0.261. The highest BCUT2D eigenvalue weighted by atomic mass is 32.2. The van der Waals surface area contributed by atoms with Crippen LogP contribution in [0.3, 0.4) is 0 Å². The molecule has 132 valence electrons. The number of rotatable bonds is 5. The SMILES string of the molecule is C[C@@H](NC(=O)OCc1ccccc1)C(=O)N(C)C1CCS(=O)(=O)C1. The summed E-state index contributed by atoms with van der Waals surface area (Å²) in [6, 6.07) is 8.07. The average Bonchev–Trinajstić information content (AvgIpc) is 2.92. The predicted molar refractivity (Wildman–Crippen MR) is 89.1 cm³/mol. The van der Waals surface area contributed by atoms with E-state index in [1.54, 1.807) is 14.0 Å². The van der Waals surface area contributed by atoms with E-state index in [1.165, 1.54) is 4.90 Å². The lowest BCUT2D eigenvalue weighted by Gasteiger charge is -2.26. The largest absolute Gasteiger partial charge is 0.445 e. The van der Waals surface area contributed by atoms with Crippen LogP contribution in [0.1, 0.15) is 18.9 Å². The molecular formula is C16H22N2O5S. The van der Waals surface area contributed by atoms with Gasteiger partial charge >= 0.3 is 6.09 Å². The second-order valence-electron chi connectivity index (χ2n) is 5.93. The Bertz CT molecular complexity index is 690. The summed E-state index contributed by atoms with van der Waals surface area (Å²) in [6.45, 7) is 1.66. The van der Waals surface area contributed by atoms with Gasteiger partial charge in [-0.15, -0.1) is 0 Å². The molecule has 1 aromatic carbocycles. The molecule has 1 aliphatic rings. The Hall–Kier alpha value is -2.09. The number of likely N-dealkylation sites (N-methyl/N-ethyl adjacent to an activating group) is 1. The zero-order valence-electron chi connectivity index (χ0n) is 13.8. The van der Waals surface area contributed by atoms with Gasteiger partial charge in [0.2, 0.25) is 5.91 Å². The fourth-order valence-corrected chi connectivity index (χ4v) is 4.34. The van der Waals surface area contributed by atoms with Crippen molar-refractivity contribution in [2.24, 2.45) is 0 Å². The standard InChI is InChI=1S/C16H22N2O5S/c1-12(15(19)18(2)14-8-9-24(21,22)11-14)17-16(20)23-10-13-6-4-3-5-7-13/h3-7,12,14H,8-11H2,1-2H3,(H,17,20)/t12-,14?/m1/s1. The minimum absolute atomic E-state index is 0.0274. The van der Waals surface area contributed by atoms with Gasteiger partial charge in [0.25, 0.3) is 0 Å². The molecule has 24 heavy (non-hydrogen) atoms. The third-order valence-electron chi connectivity index (χ3n) is 4.02. The van der Waals surface area contributed by atoms with Crippen LogP contribution in [0.15, 0.2) is 30.3 Å².